The molecule has 1 aliphatic rings. The zero-order valence-electron chi connectivity index (χ0n) is 12.6. The highest BCUT2D eigenvalue weighted by Gasteiger charge is 2.28. The van der Waals surface area contributed by atoms with E-state index < -0.39 is 28.6 Å². The van der Waals surface area contributed by atoms with Crippen molar-refractivity contribution in [1.82, 2.24) is 9.78 Å². The van der Waals surface area contributed by atoms with Crippen LogP contribution in [0.15, 0.2) is 18.3 Å². The van der Waals surface area contributed by atoms with Crippen molar-refractivity contribution < 1.29 is 23.6 Å². The fourth-order valence-electron chi connectivity index (χ4n) is 3.20. The molecule has 1 saturated carbocycles. The van der Waals surface area contributed by atoms with Gasteiger partial charge >= 0.3 is 5.97 Å². The molecule has 1 aromatic carbocycles. The van der Waals surface area contributed by atoms with Gasteiger partial charge in [0.25, 0.3) is 12.1 Å². The minimum Gasteiger partial charge on any atom is -0.481 e. The average Bonchev–Trinajstić information content (AvgIpc) is 2.96. The van der Waals surface area contributed by atoms with E-state index in [0.29, 0.717) is 31.1 Å². The fraction of sp³-hybridized carbons (Fsp3) is 0.467. The molecule has 128 valence electrons. The smallest absolute Gasteiger partial charge is 0.306 e. The van der Waals surface area contributed by atoms with Crippen LogP contribution in [0.1, 0.15) is 43.7 Å². The molecule has 24 heavy (non-hydrogen) atoms. The van der Waals surface area contributed by atoms with Crippen molar-refractivity contribution in [2.24, 2.45) is 5.92 Å². The lowest BCUT2D eigenvalue weighted by molar-refractivity contribution is -0.386. The summed E-state index contributed by atoms with van der Waals surface area (Å²) in [5.74, 6) is -1.17. The molecular formula is C15H15F2N3O4. The molecule has 0 aliphatic heterocycles. The molecule has 1 fully saturated rings. The molecule has 9 heteroatoms. The van der Waals surface area contributed by atoms with Gasteiger partial charge in [0.1, 0.15) is 0 Å². The molecule has 0 atom stereocenters. The van der Waals surface area contributed by atoms with Crippen LogP contribution >= 0.6 is 0 Å². The van der Waals surface area contributed by atoms with Crippen LogP contribution in [0.2, 0.25) is 0 Å². The molecule has 0 amide bonds. The van der Waals surface area contributed by atoms with E-state index in [1.54, 1.807) is 10.9 Å². The lowest BCUT2D eigenvalue weighted by atomic mass is 9.86. The van der Waals surface area contributed by atoms with E-state index in [1.165, 1.54) is 0 Å². The van der Waals surface area contributed by atoms with Crippen LogP contribution in [0.4, 0.5) is 14.5 Å². The van der Waals surface area contributed by atoms with E-state index in [-0.39, 0.29) is 17.5 Å². The summed E-state index contributed by atoms with van der Waals surface area (Å²) >= 11 is 0. The Balaban J connectivity index is 1.92. The molecule has 2 aromatic rings. The van der Waals surface area contributed by atoms with Gasteiger partial charge in [0.05, 0.1) is 28.0 Å². The average molecular weight is 339 g/mol. The van der Waals surface area contributed by atoms with E-state index in [2.05, 4.69) is 5.10 Å². The first-order valence-corrected chi connectivity index (χ1v) is 7.55. The number of aliphatic carboxylic acids is 1. The second-order valence-electron chi connectivity index (χ2n) is 5.98. The van der Waals surface area contributed by atoms with Gasteiger partial charge in [-0.15, -0.1) is 0 Å². The number of alkyl halides is 2. The summed E-state index contributed by atoms with van der Waals surface area (Å²) in [7, 11) is 0. The quantitative estimate of drug-likeness (QED) is 0.676. The molecule has 7 nitrogen and oxygen atoms in total. The van der Waals surface area contributed by atoms with Crippen LogP contribution in [0.3, 0.4) is 0 Å². The Morgan fingerprint density at radius 1 is 1.33 bits per heavy atom. The van der Waals surface area contributed by atoms with Crippen molar-refractivity contribution in [2.45, 2.75) is 38.2 Å². The van der Waals surface area contributed by atoms with E-state index in [4.69, 9.17) is 5.11 Å². The van der Waals surface area contributed by atoms with Gasteiger partial charge in [-0.25, -0.2) is 8.78 Å². The van der Waals surface area contributed by atoms with Gasteiger partial charge in [0.15, 0.2) is 0 Å². The third kappa shape index (κ3) is 2.93. The maximum absolute atomic E-state index is 13.0. The number of halogens is 2. The van der Waals surface area contributed by atoms with Crippen molar-refractivity contribution in [1.29, 1.82) is 0 Å². The summed E-state index contributed by atoms with van der Waals surface area (Å²) in [6.07, 6.45) is 0.940. The van der Waals surface area contributed by atoms with Crippen LogP contribution in [0.5, 0.6) is 0 Å². The SMILES string of the molecule is O=C(O)C1CCC(n2cc3cc([N+](=O)[O-])c(C(F)F)cc3n2)CC1. The molecule has 1 aliphatic carbocycles. The third-order valence-electron chi connectivity index (χ3n) is 4.52. The Morgan fingerprint density at radius 2 is 2.00 bits per heavy atom. The summed E-state index contributed by atoms with van der Waals surface area (Å²) in [4.78, 5) is 21.1. The number of aromatic nitrogens is 2. The largest absolute Gasteiger partial charge is 0.481 e. The summed E-state index contributed by atoms with van der Waals surface area (Å²) in [5.41, 5.74) is -0.991. The predicted octanol–water partition coefficient (Wildman–Crippen LogP) is 3.70. The molecule has 0 spiro atoms. The van der Waals surface area contributed by atoms with E-state index in [9.17, 15) is 23.7 Å². The van der Waals surface area contributed by atoms with Crippen LogP contribution in [0, 0.1) is 16.0 Å². The summed E-state index contributed by atoms with van der Waals surface area (Å²) < 4.78 is 27.6. The number of benzene rings is 1. The minimum atomic E-state index is -2.95. The summed E-state index contributed by atoms with van der Waals surface area (Å²) in [6, 6.07) is 2.14. The first kappa shape index (κ1) is 16.3. The van der Waals surface area contributed by atoms with Crippen LogP contribution in [-0.2, 0) is 4.79 Å². The number of carboxylic acids is 1. The first-order chi connectivity index (χ1) is 11.4. The van der Waals surface area contributed by atoms with Gasteiger partial charge in [-0.3, -0.25) is 19.6 Å². The lowest BCUT2D eigenvalue weighted by Gasteiger charge is -2.26. The molecule has 0 saturated heterocycles. The zero-order valence-corrected chi connectivity index (χ0v) is 12.6. The van der Waals surface area contributed by atoms with Crippen molar-refractivity contribution in [3.63, 3.8) is 0 Å². The molecule has 0 bridgehead atoms. The van der Waals surface area contributed by atoms with Crippen molar-refractivity contribution in [2.75, 3.05) is 0 Å². The van der Waals surface area contributed by atoms with Gasteiger partial charge in [0.2, 0.25) is 0 Å². The molecule has 0 radical (unpaired) electrons. The van der Waals surface area contributed by atoms with Crippen LogP contribution < -0.4 is 0 Å². The van der Waals surface area contributed by atoms with Crippen LogP contribution in [-0.4, -0.2) is 25.8 Å². The second kappa shape index (κ2) is 6.14. The maximum Gasteiger partial charge on any atom is 0.306 e. The first-order valence-electron chi connectivity index (χ1n) is 7.55. The van der Waals surface area contributed by atoms with Gasteiger partial charge in [0, 0.05) is 17.6 Å². The minimum absolute atomic E-state index is 0.0259. The number of fused-ring (bicyclic) bond motifs is 1. The maximum atomic E-state index is 13.0. The Morgan fingerprint density at radius 3 is 2.54 bits per heavy atom. The fourth-order valence-corrected chi connectivity index (χ4v) is 3.20. The number of nitrogens with zero attached hydrogens (tertiary/aromatic N) is 3. The van der Waals surface area contributed by atoms with Gasteiger partial charge in [-0.1, -0.05) is 0 Å². The van der Waals surface area contributed by atoms with Crippen molar-refractivity contribution >= 4 is 22.6 Å². The van der Waals surface area contributed by atoms with E-state index in [1.807, 2.05) is 0 Å². The molecular weight excluding hydrogens is 324 g/mol. The van der Waals surface area contributed by atoms with Gasteiger partial charge < -0.3 is 5.11 Å². The summed E-state index contributed by atoms with van der Waals surface area (Å²) in [6.45, 7) is 0. The normalized spacial score (nSPS) is 21.3. The molecule has 1 heterocycles. The third-order valence-corrected chi connectivity index (χ3v) is 4.52. The molecule has 0 unspecified atom stereocenters. The number of nitro benzene ring substituents is 1. The van der Waals surface area contributed by atoms with Crippen molar-refractivity contribution in [3.05, 3.63) is 34.0 Å². The number of rotatable bonds is 4. The van der Waals surface area contributed by atoms with Crippen molar-refractivity contribution in [3.8, 4) is 0 Å². The number of carbonyl (C=O) groups is 1. The highest BCUT2D eigenvalue weighted by molar-refractivity contribution is 5.82. The summed E-state index contributed by atoms with van der Waals surface area (Å²) in [5, 5.41) is 24.7. The number of carboxylic acid groups (broad SMARTS) is 1. The predicted molar refractivity (Wildman–Crippen MR) is 80.0 cm³/mol. The topological polar surface area (TPSA) is 98.3 Å². The number of hydrogen-bond donors (Lipinski definition) is 1. The van der Waals surface area contributed by atoms with Gasteiger partial charge in [-0.05, 0) is 31.7 Å². The lowest BCUT2D eigenvalue weighted by Crippen LogP contribution is -2.23. The molecule has 1 aromatic heterocycles. The second-order valence-corrected chi connectivity index (χ2v) is 5.98. The molecule has 1 N–H and O–H groups in total. The molecule has 3 rings (SSSR count). The zero-order chi connectivity index (χ0) is 17.4. The van der Waals surface area contributed by atoms with Crippen LogP contribution in [0.25, 0.3) is 10.9 Å². The highest BCUT2D eigenvalue weighted by Crippen LogP contribution is 2.35. The number of hydrogen-bond acceptors (Lipinski definition) is 4. The monoisotopic (exact) mass is 339 g/mol. The Labute approximate surface area is 135 Å². The highest BCUT2D eigenvalue weighted by atomic mass is 19.3. The van der Waals surface area contributed by atoms with E-state index >= 15 is 0 Å². The Kier molecular flexibility index (Phi) is 4.16. The number of nitro groups is 1. The Bertz CT molecular complexity index is 797. The van der Waals surface area contributed by atoms with Gasteiger partial charge in [-0.2, -0.15) is 5.10 Å². The van der Waals surface area contributed by atoms with E-state index in [0.717, 1.165) is 12.1 Å². The standard InChI is InChI=1S/C15H15F2N3O4/c16-14(17)11-6-12-9(5-13(11)20(23)24)7-19(18-12)10-3-1-8(2-4-10)15(21)22/h5-8,10,14H,1-4H2,(H,21,22). The Hall–Kier alpha value is -2.58.